The third-order valence-electron chi connectivity index (χ3n) is 1.17. The first-order chi connectivity index (χ1) is 4.36. The average Bonchev–Trinajstić information content (AvgIpc) is 1.60. The van der Waals surface area contributed by atoms with Crippen LogP contribution >= 0.6 is 12.6 Å². The van der Waals surface area contributed by atoms with Crippen LogP contribution in [0.25, 0.3) is 0 Å². The van der Waals surface area contributed by atoms with E-state index in [1.54, 1.807) is 25.9 Å². The summed E-state index contributed by atoms with van der Waals surface area (Å²) in [4.78, 5) is 12.2. The van der Waals surface area contributed by atoms with Gasteiger partial charge in [0.2, 0.25) is 5.06 Å². The second kappa shape index (κ2) is 3.25. The van der Waals surface area contributed by atoms with Crippen LogP contribution in [0.5, 0.6) is 0 Å². The Morgan fingerprint density at radius 1 is 1.60 bits per heavy atom. The number of nitrogens with zero attached hydrogens (tertiary/aromatic N) is 1. The van der Waals surface area contributed by atoms with Crippen LogP contribution in [0.4, 0.5) is 0 Å². The van der Waals surface area contributed by atoms with Gasteiger partial charge in [-0.1, -0.05) is 0 Å². The fraction of sp³-hybridized carbons (Fsp3) is 0.833. The highest BCUT2D eigenvalue weighted by atomic mass is 32.1. The molecule has 10 heavy (non-hydrogen) atoms. The summed E-state index contributed by atoms with van der Waals surface area (Å²) in [5, 5.41) is -0.800. The van der Waals surface area contributed by atoms with Crippen molar-refractivity contribution in [1.29, 1.82) is 0 Å². The van der Waals surface area contributed by atoms with Crippen molar-refractivity contribution >= 4 is 18.6 Å². The van der Waals surface area contributed by atoms with Crippen molar-refractivity contribution in [2.75, 3.05) is 14.1 Å². The Morgan fingerprint density at radius 2 is 2.00 bits per heavy atom. The summed E-state index contributed by atoms with van der Waals surface area (Å²) in [6, 6.07) is 0. The number of hydrogen-bond acceptors (Lipinski definition) is 4. The molecule has 0 aromatic rings. The van der Waals surface area contributed by atoms with Crippen molar-refractivity contribution in [2.24, 2.45) is 0 Å². The highest BCUT2D eigenvalue weighted by Crippen LogP contribution is 2.17. The number of hydrogen-bond donors (Lipinski definition) is 1. The number of ether oxygens (including phenoxy) is 1. The van der Waals surface area contributed by atoms with E-state index in [1.165, 1.54) is 6.92 Å². The quantitative estimate of drug-likeness (QED) is 0.369. The molecular weight excluding hydrogens is 150 g/mol. The molecule has 0 radical (unpaired) electrons. The second-order valence-corrected chi connectivity index (χ2v) is 3.25. The SMILES string of the molecule is CC(=O)OC(C)(S)N(C)C. The second-order valence-electron chi connectivity index (χ2n) is 2.42. The molecule has 0 aliphatic carbocycles. The number of thiol groups is 1. The van der Waals surface area contributed by atoms with E-state index in [4.69, 9.17) is 4.74 Å². The minimum atomic E-state index is -0.800. The van der Waals surface area contributed by atoms with Crippen molar-refractivity contribution < 1.29 is 9.53 Å². The number of rotatable bonds is 2. The fourth-order valence-corrected chi connectivity index (χ4v) is 0.492. The molecular formula is C6H13NO2S. The van der Waals surface area contributed by atoms with Crippen LogP contribution < -0.4 is 0 Å². The van der Waals surface area contributed by atoms with Gasteiger partial charge in [-0.15, -0.1) is 12.6 Å². The first-order valence-electron chi connectivity index (χ1n) is 2.95. The lowest BCUT2D eigenvalue weighted by molar-refractivity contribution is -0.156. The van der Waals surface area contributed by atoms with E-state index in [2.05, 4.69) is 12.6 Å². The standard InChI is InChI=1S/C6H13NO2S/c1-5(8)9-6(2,10)7(3)4/h10H,1-4H3. The molecule has 0 saturated carbocycles. The largest absolute Gasteiger partial charge is 0.435 e. The molecule has 0 heterocycles. The molecule has 0 aliphatic heterocycles. The minimum Gasteiger partial charge on any atom is -0.435 e. The third-order valence-corrected chi connectivity index (χ3v) is 1.66. The highest BCUT2D eigenvalue weighted by Gasteiger charge is 2.24. The predicted octanol–water partition coefficient (Wildman–Crippen LogP) is 0.715. The summed E-state index contributed by atoms with van der Waals surface area (Å²) in [5.41, 5.74) is 0. The summed E-state index contributed by atoms with van der Waals surface area (Å²) >= 11 is 4.10. The molecule has 0 aromatic heterocycles. The molecule has 3 nitrogen and oxygen atoms in total. The molecule has 0 bridgehead atoms. The van der Waals surface area contributed by atoms with E-state index in [-0.39, 0.29) is 5.97 Å². The molecule has 1 atom stereocenters. The van der Waals surface area contributed by atoms with Gasteiger partial charge >= 0.3 is 5.97 Å². The van der Waals surface area contributed by atoms with Gasteiger partial charge in [0.05, 0.1) is 0 Å². The van der Waals surface area contributed by atoms with E-state index in [0.717, 1.165) is 0 Å². The Kier molecular flexibility index (Phi) is 3.18. The maximum absolute atomic E-state index is 10.5. The van der Waals surface area contributed by atoms with Gasteiger partial charge in [-0.05, 0) is 21.0 Å². The molecule has 0 aliphatic rings. The van der Waals surface area contributed by atoms with Crippen LogP contribution in [-0.4, -0.2) is 30.0 Å². The summed E-state index contributed by atoms with van der Waals surface area (Å²) in [7, 11) is 3.58. The Labute approximate surface area is 66.8 Å². The Hall–Kier alpha value is -0.220. The van der Waals surface area contributed by atoms with Gasteiger partial charge in [0.1, 0.15) is 0 Å². The van der Waals surface area contributed by atoms with Crippen molar-refractivity contribution in [2.45, 2.75) is 18.9 Å². The van der Waals surface area contributed by atoms with Gasteiger partial charge in [0, 0.05) is 6.92 Å². The van der Waals surface area contributed by atoms with Crippen LogP contribution in [0.15, 0.2) is 0 Å². The summed E-state index contributed by atoms with van der Waals surface area (Å²) in [6.07, 6.45) is 0. The Morgan fingerprint density at radius 3 is 2.10 bits per heavy atom. The lowest BCUT2D eigenvalue weighted by Gasteiger charge is -2.29. The Bertz CT molecular complexity index is 134. The Balaban J connectivity index is 3.99. The fourth-order valence-electron chi connectivity index (χ4n) is 0.364. The van der Waals surface area contributed by atoms with Gasteiger partial charge in [0.15, 0.2) is 0 Å². The normalized spacial score (nSPS) is 16.6. The zero-order valence-electron chi connectivity index (χ0n) is 6.71. The zero-order chi connectivity index (χ0) is 8.36. The first kappa shape index (κ1) is 9.78. The minimum absolute atomic E-state index is 0.328. The molecule has 0 rings (SSSR count). The summed E-state index contributed by atoms with van der Waals surface area (Å²) in [6.45, 7) is 3.06. The van der Waals surface area contributed by atoms with Crippen LogP contribution in [0.1, 0.15) is 13.8 Å². The predicted molar refractivity (Wildman–Crippen MR) is 42.8 cm³/mol. The molecule has 0 amide bonds. The van der Waals surface area contributed by atoms with Crippen LogP contribution in [0.3, 0.4) is 0 Å². The molecule has 4 heteroatoms. The molecule has 1 unspecified atom stereocenters. The molecule has 0 fully saturated rings. The lowest BCUT2D eigenvalue weighted by atomic mass is 10.6. The van der Waals surface area contributed by atoms with E-state index in [9.17, 15) is 4.79 Å². The van der Waals surface area contributed by atoms with Gasteiger partial charge < -0.3 is 4.74 Å². The van der Waals surface area contributed by atoms with E-state index in [1.807, 2.05) is 0 Å². The molecule has 0 spiro atoms. The maximum Gasteiger partial charge on any atom is 0.305 e. The summed E-state index contributed by atoms with van der Waals surface area (Å²) < 4.78 is 4.85. The van der Waals surface area contributed by atoms with Gasteiger partial charge in [-0.25, -0.2) is 0 Å². The molecule has 0 aromatic carbocycles. The number of carbonyl (C=O) groups excluding carboxylic acids is 1. The maximum atomic E-state index is 10.5. The zero-order valence-corrected chi connectivity index (χ0v) is 7.61. The van der Waals surface area contributed by atoms with Crippen LogP contribution in [-0.2, 0) is 9.53 Å². The monoisotopic (exact) mass is 163 g/mol. The lowest BCUT2D eigenvalue weighted by Crippen LogP contribution is -2.39. The highest BCUT2D eigenvalue weighted by molar-refractivity contribution is 7.81. The number of esters is 1. The number of carbonyl (C=O) groups is 1. The summed E-state index contributed by atoms with van der Waals surface area (Å²) in [5.74, 6) is -0.328. The van der Waals surface area contributed by atoms with Gasteiger partial charge in [-0.3, -0.25) is 9.69 Å². The van der Waals surface area contributed by atoms with Crippen molar-refractivity contribution in [3.05, 3.63) is 0 Å². The van der Waals surface area contributed by atoms with Crippen molar-refractivity contribution in [1.82, 2.24) is 4.90 Å². The van der Waals surface area contributed by atoms with E-state index < -0.39 is 5.06 Å². The average molecular weight is 163 g/mol. The smallest absolute Gasteiger partial charge is 0.305 e. The van der Waals surface area contributed by atoms with E-state index in [0.29, 0.717) is 0 Å². The van der Waals surface area contributed by atoms with Gasteiger partial charge in [0.25, 0.3) is 0 Å². The molecule has 0 N–H and O–H groups in total. The topological polar surface area (TPSA) is 29.5 Å². The van der Waals surface area contributed by atoms with Crippen LogP contribution in [0, 0.1) is 0 Å². The van der Waals surface area contributed by atoms with Crippen molar-refractivity contribution in [3.8, 4) is 0 Å². The molecule has 60 valence electrons. The third kappa shape index (κ3) is 3.08. The first-order valence-corrected chi connectivity index (χ1v) is 3.40. The molecule has 0 saturated heterocycles. The van der Waals surface area contributed by atoms with E-state index >= 15 is 0 Å². The van der Waals surface area contributed by atoms with Crippen molar-refractivity contribution in [3.63, 3.8) is 0 Å². The van der Waals surface area contributed by atoms with Gasteiger partial charge in [-0.2, -0.15) is 0 Å². The van der Waals surface area contributed by atoms with Crippen LogP contribution in [0.2, 0.25) is 0 Å².